The van der Waals surface area contributed by atoms with Crippen LogP contribution in [0.1, 0.15) is 37.3 Å². The first-order valence-corrected chi connectivity index (χ1v) is 16.7. The van der Waals surface area contributed by atoms with Crippen LogP contribution in [0.4, 0.5) is 0 Å². The molecular weight excluding hydrogens is 555 g/mol. The normalized spacial score (nSPS) is 19.6. The number of dihydropyridines is 1. The summed E-state index contributed by atoms with van der Waals surface area (Å²) in [6.07, 6.45) is 17.1. The molecule has 0 fully saturated rings. The van der Waals surface area contributed by atoms with Crippen LogP contribution in [0.15, 0.2) is 152 Å². The van der Waals surface area contributed by atoms with Gasteiger partial charge in [0.05, 0.1) is 0 Å². The van der Waals surface area contributed by atoms with E-state index in [1.165, 1.54) is 71.4 Å². The van der Waals surface area contributed by atoms with Gasteiger partial charge in [-0.3, -0.25) is 0 Å². The molecule has 1 N–H and O–H groups in total. The molecule has 0 radical (unpaired) electrons. The molecule has 3 atom stereocenters. The summed E-state index contributed by atoms with van der Waals surface area (Å²) in [4.78, 5) is 0. The Morgan fingerprint density at radius 1 is 0.652 bits per heavy atom. The SMILES string of the molecule is C/C=C\C1CC(c2c3ccccc3c(-c3cccc4c(-c5cccc(C6=CC=CCN6)c5)cccc34)c3ccccc23)C=CC1C. The van der Waals surface area contributed by atoms with Gasteiger partial charge in [0.2, 0.25) is 0 Å². The Balaban J connectivity index is 1.35. The summed E-state index contributed by atoms with van der Waals surface area (Å²) in [5.74, 6) is 1.48. The smallest absolute Gasteiger partial charge is 0.0416 e. The van der Waals surface area contributed by atoms with Crippen molar-refractivity contribution in [2.75, 3.05) is 6.54 Å². The predicted octanol–water partition coefficient (Wildman–Crippen LogP) is 11.9. The van der Waals surface area contributed by atoms with Gasteiger partial charge in [-0.25, -0.2) is 0 Å². The Hall–Kier alpha value is -5.14. The Morgan fingerprint density at radius 3 is 1.98 bits per heavy atom. The van der Waals surface area contributed by atoms with Crippen LogP contribution in [-0.4, -0.2) is 6.54 Å². The van der Waals surface area contributed by atoms with Gasteiger partial charge >= 0.3 is 0 Å². The van der Waals surface area contributed by atoms with Gasteiger partial charge < -0.3 is 5.32 Å². The lowest BCUT2D eigenvalue weighted by Crippen LogP contribution is -2.16. The highest BCUT2D eigenvalue weighted by Gasteiger charge is 2.27. The van der Waals surface area contributed by atoms with Crippen molar-refractivity contribution in [3.8, 4) is 22.3 Å². The van der Waals surface area contributed by atoms with Crippen LogP contribution in [-0.2, 0) is 0 Å². The third kappa shape index (κ3) is 4.88. The van der Waals surface area contributed by atoms with Crippen LogP contribution in [0.5, 0.6) is 0 Å². The summed E-state index contributed by atoms with van der Waals surface area (Å²) in [5, 5.41) is 11.5. The van der Waals surface area contributed by atoms with Gasteiger partial charge in [-0.1, -0.05) is 147 Å². The second-order valence-corrected chi connectivity index (χ2v) is 12.8. The van der Waals surface area contributed by atoms with Crippen LogP contribution in [0.2, 0.25) is 0 Å². The molecule has 0 saturated heterocycles. The Kier molecular flexibility index (Phi) is 7.39. The minimum atomic E-state index is 0.372. The number of rotatable bonds is 5. The highest BCUT2D eigenvalue weighted by atomic mass is 14.9. The van der Waals surface area contributed by atoms with E-state index in [9.17, 15) is 0 Å². The van der Waals surface area contributed by atoms with Crippen molar-refractivity contribution in [2.24, 2.45) is 11.8 Å². The van der Waals surface area contributed by atoms with E-state index in [2.05, 4.69) is 171 Å². The van der Waals surface area contributed by atoms with E-state index in [-0.39, 0.29) is 0 Å². The standard InChI is InChI=1S/C45H39N/c1-3-13-31-28-34(26-25-30(31)2)44-39-16-4-6-18-41(39)45(42-19-7-5-17-40(42)44)38-23-12-21-36-35(20-11-22-37(36)38)32-14-10-15-33(29-32)43-24-8-9-27-46-43/h3-26,29-31,34,46H,27-28H2,1-2H3/b13-3-. The Labute approximate surface area is 272 Å². The zero-order chi connectivity index (χ0) is 31.0. The van der Waals surface area contributed by atoms with E-state index in [0.29, 0.717) is 17.8 Å². The summed E-state index contributed by atoms with van der Waals surface area (Å²) < 4.78 is 0. The number of allylic oxidation sites excluding steroid dienone is 6. The van der Waals surface area contributed by atoms with Gasteiger partial charge in [0.1, 0.15) is 0 Å². The fourth-order valence-corrected chi connectivity index (χ4v) is 7.90. The Bertz CT molecular complexity index is 2170. The van der Waals surface area contributed by atoms with Crippen molar-refractivity contribution in [3.63, 3.8) is 0 Å². The van der Waals surface area contributed by atoms with Gasteiger partial charge in [-0.15, -0.1) is 0 Å². The van der Waals surface area contributed by atoms with E-state index in [4.69, 9.17) is 0 Å². The molecule has 1 aliphatic carbocycles. The molecule has 224 valence electrons. The Morgan fingerprint density at radius 2 is 1.28 bits per heavy atom. The zero-order valence-corrected chi connectivity index (χ0v) is 26.6. The van der Waals surface area contributed by atoms with E-state index in [1.807, 2.05) is 0 Å². The number of benzene rings is 6. The lowest BCUT2D eigenvalue weighted by molar-refractivity contribution is 0.434. The zero-order valence-electron chi connectivity index (χ0n) is 26.6. The molecule has 1 aliphatic heterocycles. The summed E-state index contributed by atoms with van der Waals surface area (Å²) >= 11 is 0. The molecule has 3 unspecified atom stereocenters. The second-order valence-electron chi connectivity index (χ2n) is 12.8. The van der Waals surface area contributed by atoms with Crippen molar-refractivity contribution in [1.29, 1.82) is 0 Å². The van der Waals surface area contributed by atoms with Crippen molar-refractivity contribution >= 4 is 38.0 Å². The molecule has 8 rings (SSSR count). The van der Waals surface area contributed by atoms with Crippen molar-refractivity contribution in [2.45, 2.75) is 26.2 Å². The largest absolute Gasteiger partial charge is 0.381 e. The molecule has 0 spiro atoms. The molecule has 2 aliphatic rings. The van der Waals surface area contributed by atoms with Crippen molar-refractivity contribution in [1.82, 2.24) is 5.32 Å². The van der Waals surface area contributed by atoms with Crippen LogP contribution in [0.25, 0.3) is 60.3 Å². The van der Waals surface area contributed by atoms with Crippen LogP contribution in [0, 0.1) is 11.8 Å². The maximum Gasteiger partial charge on any atom is 0.0416 e. The van der Waals surface area contributed by atoms with E-state index >= 15 is 0 Å². The van der Waals surface area contributed by atoms with Gasteiger partial charge in [-0.05, 0) is 103 Å². The fourth-order valence-electron chi connectivity index (χ4n) is 7.90. The lowest BCUT2D eigenvalue weighted by atomic mass is 9.74. The maximum atomic E-state index is 3.52. The van der Waals surface area contributed by atoms with Crippen LogP contribution in [0.3, 0.4) is 0 Å². The molecule has 0 aromatic heterocycles. The average Bonchev–Trinajstić information content (AvgIpc) is 3.12. The van der Waals surface area contributed by atoms with Gasteiger partial charge in [0.25, 0.3) is 0 Å². The van der Waals surface area contributed by atoms with Crippen LogP contribution < -0.4 is 5.32 Å². The monoisotopic (exact) mass is 593 g/mol. The topological polar surface area (TPSA) is 12.0 Å². The molecule has 6 aromatic carbocycles. The third-order valence-electron chi connectivity index (χ3n) is 10.1. The number of hydrogen-bond acceptors (Lipinski definition) is 1. The minimum Gasteiger partial charge on any atom is -0.381 e. The molecule has 1 nitrogen and oxygen atoms in total. The molecular formula is C45H39N. The first kappa shape index (κ1) is 28.3. The highest BCUT2D eigenvalue weighted by molar-refractivity contribution is 6.19. The summed E-state index contributed by atoms with van der Waals surface area (Å²) in [7, 11) is 0. The highest BCUT2D eigenvalue weighted by Crippen LogP contribution is 2.47. The van der Waals surface area contributed by atoms with E-state index in [1.54, 1.807) is 0 Å². The maximum absolute atomic E-state index is 3.52. The van der Waals surface area contributed by atoms with Crippen molar-refractivity contribution in [3.05, 3.63) is 163 Å². The number of nitrogens with one attached hydrogen (secondary N) is 1. The summed E-state index contributed by atoms with van der Waals surface area (Å²) in [6, 6.07) is 40.8. The lowest BCUT2D eigenvalue weighted by Gasteiger charge is -2.30. The number of fused-ring (bicyclic) bond motifs is 3. The molecule has 1 heteroatoms. The molecule has 0 saturated carbocycles. The predicted molar refractivity (Wildman–Crippen MR) is 199 cm³/mol. The third-order valence-corrected chi connectivity index (χ3v) is 10.1. The molecule has 46 heavy (non-hydrogen) atoms. The molecule has 0 bridgehead atoms. The first-order valence-electron chi connectivity index (χ1n) is 16.7. The van der Waals surface area contributed by atoms with Crippen molar-refractivity contribution < 1.29 is 0 Å². The molecule has 1 heterocycles. The van der Waals surface area contributed by atoms with Gasteiger partial charge in [0, 0.05) is 18.2 Å². The second kappa shape index (κ2) is 12.0. The molecule has 6 aromatic rings. The van der Waals surface area contributed by atoms with Crippen LogP contribution >= 0.6 is 0 Å². The minimum absolute atomic E-state index is 0.372. The quantitative estimate of drug-likeness (QED) is 0.155. The molecule has 0 amide bonds. The first-order chi connectivity index (χ1) is 22.7. The van der Waals surface area contributed by atoms with E-state index in [0.717, 1.165) is 13.0 Å². The van der Waals surface area contributed by atoms with Gasteiger partial charge in [-0.2, -0.15) is 0 Å². The van der Waals surface area contributed by atoms with E-state index < -0.39 is 0 Å². The van der Waals surface area contributed by atoms with Gasteiger partial charge in [0.15, 0.2) is 0 Å². The number of hydrogen-bond donors (Lipinski definition) is 1. The average molecular weight is 594 g/mol. The summed E-state index contributed by atoms with van der Waals surface area (Å²) in [6.45, 7) is 5.36. The summed E-state index contributed by atoms with van der Waals surface area (Å²) in [5.41, 5.74) is 8.95. The fraction of sp³-hybridized carbons (Fsp3) is 0.156.